The Morgan fingerprint density at radius 2 is 2.18 bits per heavy atom. The quantitative estimate of drug-likeness (QED) is 0.393. The topological polar surface area (TPSA) is 39.2 Å². The van der Waals surface area contributed by atoms with E-state index in [0.29, 0.717) is 18.1 Å². The Labute approximate surface area is 103 Å². The van der Waals surface area contributed by atoms with Crippen LogP contribution >= 0.6 is 0 Å². The van der Waals surface area contributed by atoms with Crippen molar-refractivity contribution in [2.45, 2.75) is 32.6 Å². The van der Waals surface area contributed by atoms with Crippen LogP contribution in [0.25, 0.3) is 0 Å². The number of carbonyl (C=O) groups is 1. The monoisotopic (exact) mass is 233 g/mol. The fourth-order valence-electron chi connectivity index (χ4n) is 1.52. The maximum atomic E-state index is 10.8. The van der Waals surface area contributed by atoms with Crippen molar-refractivity contribution in [3.8, 4) is 5.75 Å². The summed E-state index contributed by atoms with van der Waals surface area (Å²) >= 11 is 0. The molecular weight excluding hydrogens is 214 g/mol. The van der Waals surface area contributed by atoms with Crippen LogP contribution < -0.4 is 4.74 Å². The molecule has 0 bridgehead atoms. The highest BCUT2D eigenvalue weighted by molar-refractivity contribution is 5.76. The van der Waals surface area contributed by atoms with Crippen LogP contribution in [0.1, 0.15) is 41.9 Å². The Bertz CT molecular complexity index is 374. The minimum Gasteiger partial charge on any atom is -0.491 e. The lowest BCUT2D eigenvalue weighted by Gasteiger charge is -2.07. The molecule has 0 radical (unpaired) electrons. The Morgan fingerprint density at radius 3 is 2.88 bits per heavy atom. The lowest BCUT2D eigenvalue weighted by atomic mass is 10.2. The summed E-state index contributed by atoms with van der Waals surface area (Å²) in [5.41, 5.74) is 1.21. The van der Waals surface area contributed by atoms with Crippen LogP contribution in [0, 0.1) is 6.92 Å². The summed E-state index contributed by atoms with van der Waals surface area (Å²) in [6, 6.07) is 3.65. The van der Waals surface area contributed by atoms with Crippen LogP contribution in [0.4, 0.5) is 0 Å². The maximum Gasteiger partial charge on any atom is 0.172 e. The molecule has 1 aromatic rings. The largest absolute Gasteiger partial charge is 0.491 e. The third kappa shape index (κ3) is 4.81. The molecular formula is C14H19NO2. The van der Waals surface area contributed by atoms with Crippen molar-refractivity contribution < 1.29 is 9.53 Å². The minimum absolute atomic E-state index is 0.385. The van der Waals surface area contributed by atoms with E-state index in [1.165, 1.54) is 0 Å². The van der Waals surface area contributed by atoms with Gasteiger partial charge in [0.15, 0.2) is 6.29 Å². The van der Waals surface area contributed by atoms with Crippen molar-refractivity contribution in [2.24, 2.45) is 0 Å². The second kappa shape index (κ2) is 7.60. The molecule has 17 heavy (non-hydrogen) atoms. The van der Waals surface area contributed by atoms with Gasteiger partial charge in [0, 0.05) is 5.69 Å². The molecule has 0 unspecified atom stereocenters. The van der Waals surface area contributed by atoms with Gasteiger partial charge in [-0.1, -0.05) is 6.08 Å². The smallest absolute Gasteiger partial charge is 0.172 e. The highest BCUT2D eigenvalue weighted by Crippen LogP contribution is 2.15. The van der Waals surface area contributed by atoms with Crippen molar-refractivity contribution in [3.63, 3.8) is 0 Å². The van der Waals surface area contributed by atoms with E-state index in [0.717, 1.165) is 37.7 Å². The Kier molecular flexibility index (Phi) is 6.00. The number of carbonyl (C=O) groups excluding carboxylic acids is 1. The Morgan fingerprint density at radius 1 is 1.35 bits per heavy atom. The molecule has 0 saturated carbocycles. The maximum absolute atomic E-state index is 10.8. The zero-order valence-electron chi connectivity index (χ0n) is 10.3. The molecule has 0 amide bonds. The summed E-state index contributed by atoms with van der Waals surface area (Å²) in [7, 11) is 0. The van der Waals surface area contributed by atoms with Gasteiger partial charge in [-0.05, 0) is 44.7 Å². The average Bonchev–Trinajstić information content (AvgIpc) is 2.35. The average molecular weight is 233 g/mol. The first-order chi connectivity index (χ1) is 8.27. The van der Waals surface area contributed by atoms with Gasteiger partial charge in [-0.25, -0.2) is 4.98 Å². The highest BCUT2D eigenvalue weighted by Gasteiger charge is 2.04. The highest BCUT2D eigenvalue weighted by atomic mass is 16.5. The lowest BCUT2D eigenvalue weighted by molar-refractivity contribution is 0.111. The van der Waals surface area contributed by atoms with Gasteiger partial charge < -0.3 is 4.74 Å². The second-order valence-electron chi connectivity index (χ2n) is 3.94. The molecule has 0 aromatic carbocycles. The van der Waals surface area contributed by atoms with Gasteiger partial charge >= 0.3 is 0 Å². The van der Waals surface area contributed by atoms with Gasteiger partial charge in [-0.15, -0.1) is 6.58 Å². The molecule has 0 N–H and O–H groups in total. The van der Waals surface area contributed by atoms with Crippen molar-refractivity contribution in [3.05, 3.63) is 36.2 Å². The second-order valence-corrected chi connectivity index (χ2v) is 3.94. The minimum atomic E-state index is 0.385. The fourth-order valence-corrected chi connectivity index (χ4v) is 1.52. The number of nitrogens with zero attached hydrogens (tertiary/aromatic N) is 1. The summed E-state index contributed by atoms with van der Waals surface area (Å²) in [4.78, 5) is 14.9. The molecule has 1 aromatic heterocycles. The van der Waals surface area contributed by atoms with Crippen LogP contribution in [0.15, 0.2) is 24.8 Å². The number of hydrogen-bond donors (Lipinski definition) is 0. The number of aldehydes is 1. The van der Waals surface area contributed by atoms with Crippen LogP contribution in [0.2, 0.25) is 0 Å². The Balaban J connectivity index is 2.36. The van der Waals surface area contributed by atoms with Gasteiger partial charge in [0.1, 0.15) is 11.4 Å². The van der Waals surface area contributed by atoms with Crippen LogP contribution in [0.3, 0.4) is 0 Å². The first-order valence-corrected chi connectivity index (χ1v) is 5.94. The normalized spacial score (nSPS) is 9.94. The third-order valence-electron chi connectivity index (χ3n) is 2.45. The third-order valence-corrected chi connectivity index (χ3v) is 2.45. The molecule has 0 aliphatic heterocycles. The predicted molar refractivity (Wildman–Crippen MR) is 68.5 cm³/mol. The van der Waals surface area contributed by atoms with Crippen molar-refractivity contribution in [2.75, 3.05) is 6.61 Å². The molecule has 1 rings (SSSR count). The zero-order valence-corrected chi connectivity index (χ0v) is 10.3. The van der Waals surface area contributed by atoms with E-state index in [1.807, 2.05) is 19.1 Å². The number of ether oxygens (including phenoxy) is 1. The van der Waals surface area contributed by atoms with E-state index in [2.05, 4.69) is 11.6 Å². The Hall–Kier alpha value is -1.64. The van der Waals surface area contributed by atoms with Crippen LogP contribution in [-0.4, -0.2) is 17.9 Å². The van der Waals surface area contributed by atoms with E-state index in [1.54, 1.807) is 6.07 Å². The number of aryl methyl sites for hydroxylation is 1. The van der Waals surface area contributed by atoms with E-state index < -0.39 is 0 Å². The summed E-state index contributed by atoms with van der Waals surface area (Å²) in [5, 5.41) is 0. The van der Waals surface area contributed by atoms with Gasteiger partial charge in [0.25, 0.3) is 0 Å². The van der Waals surface area contributed by atoms with Gasteiger partial charge in [0.2, 0.25) is 0 Å². The summed E-state index contributed by atoms with van der Waals surface area (Å²) in [6.07, 6.45) is 6.95. The number of pyridine rings is 1. The molecule has 0 aliphatic rings. The van der Waals surface area contributed by atoms with E-state index in [9.17, 15) is 4.79 Å². The first-order valence-electron chi connectivity index (χ1n) is 5.94. The summed E-state index contributed by atoms with van der Waals surface area (Å²) in [6.45, 7) is 6.16. The molecule has 0 aliphatic carbocycles. The van der Waals surface area contributed by atoms with Crippen LogP contribution in [-0.2, 0) is 0 Å². The van der Waals surface area contributed by atoms with Crippen molar-refractivity contribution in [1.82, 2.24) is 4.98 Å². The lowest BCUT2D eigenvalue weighted by Crippen LogP contribution is -2.02. The SMILES string of the molecule is C=CCCCCCOc1ccc(C)nc1C=O. The number of allylic oxidation sites excluding steroid dienone is 1. The van der Waals surface area contributed by atoms with Gasteiger partial charge in [-0.2, -0.15) is 0 Å². The van der Waals surface area contributed by atoms with E-state index in [4.69, 9.17) is 4.74 Å². The van der Waals surface area contributed by atoms with Crippen molar-refractivity contribution in [1.29, 1.82) is 0 Å². The fraction of sp³-hybridized carbons (Fsp3) is 0.429. The standard InChI is InChI=1S/C14H19NO2/c1-3-4-5-6-7-10-17-14-9-8-12(2)15-13(14)11-16/h3,8-9,11H,1,4-7,10H2,2H3. The number of unbranched alkanes of at least 4 members (excludes halogenated alkanes) is 3. The van der Waals surface area contributed by atoms with E-state index in [-0.39, 0.29) is 0 Å². The zero-order chi connectivity index (χ0) is 12.5. The first kappa shape index (κ1) is 13.4. The molecule has 0 saturated heterocycles. The summed E-state index contributed by atoms with van der Waals surface area (Å²) in [5.74, 6) is 0.578. The predicted octanol–water partition coefficient (Wildman–Crippen LogP) is 3.33. The molecule has 3 heteroatoms. The number of hydrogen-bond acceptors (Lipinski definition) is 3. The molecule has 92 valence electrons. The summed E-state index contributed by atoms with van der Waals surface area (Å²) < 4.78 is 5.54. The molecule has 0 spiro atoms. The van der Waals surface area contributed by atoms with E-state index >= 15 is 0 Å². The molecule has 3 nitrogen and oxygen atoms in total. The number of rotatable bonds is 8. The van der Waals surface area contributed by atoms with Gasteiger partial charge in [-0.3, -0.25) is 4.79 Å². The van der Waals surface area contributed by atoms with Gasteiger partial charge in [0.05, 0.1) is 6.61 Å². The molecule has 0 fully saturated rings. The molecule has 1 heterocycles. The number of aromatic nitrogens is 1. The molecule has 0 atom stereocenters. The van der Waals surface area contributed by atoms with Crippen molar-refractivity contribution >= 4 is 6.29 Å². The van der Waals surface area contributed by atoms with Crippen LogP contribution in [0.5, 0.6) is 5.75 Å².